The standard InChI is InChI=1S/C12H19NO2S/c1-2-3-4-5-9-16(14,15)12-8-6-7-11(13)10-12/h6-8,10H,2-5,9,13H2,1H3. The molecule has 0 atom stereocenters. The van der Waals surface area contributed by atoms with Crippen molar-refractivity contribution in [2.75, 3.05) is 11.5 Å². The monoisotopic (exact) mass is 241 g/mol. The van der Waals surface area contributed by atoms with Crippen LogP contribution in [0.1, 0.15) is 32.6 Å². The Morgan fingerprint density at radius 2 is 1.94 bits per heavy atom. The summed E-state index contributed by atoms with van der Waals surface area (Å²) in [5.74, 6) is 0.219. The number of anilines is 1. The molecular weight excluding hydrogens is 222 g/mol. The lowest BCUT2D eigenvalue weighted by molar-refractivity contribution is 0.589. The molecule has 1 rings (SSSR count). The molecule has 90 valence electrons. The van der Waals surface area contributed by atoms with Gasteiger partial charge in [0.05, 0.1) is 10.6 Å². The molecule has 0 aliphatic heterocycles. The molecule has 3 nitrogen and oxygen atoms in total. The van der Waals surface area contributed by atoms with Crippen molar-refractivity contribution in [3.05, 3.63) is 24.3 Å². The van der Waals surface area contributed by atoms with Gasteiger partial charge in [-0.15, -0.1) is 0 Å². The van der Waals surface area contributed by atoms with Crippen LogP contribution in [0, 0.1) is 0 Å². The van der Waals surface area contributed by atoms with Crippen LogP contribution in [0.15, 0.2) is 29.2 Å². The van der Waals surface area contributed by atoms with E-state index in [2.05, 4.69) is 6.92 Å². The van der Waals surface area contributed by atoms with Crippen molar-refractivity contribution in [1.82, 2.24) is 0 Å². The van der Waals surface area contributed by atoms with Crippen molar-refractivity contribution >= 4 is 15.5 Å². The van der Waals surface area contributed by atoms with E-state index < -0.39 is 9.84 Å². The topological polar surface area (TPSA) is 60.2 Å². The molecule has 0 fully saturated rings. The highest BCUT2D eigenvalue weighted by Crippen LogP contribution is 2.16. The highest BCUT2D eigenvalue weighted by atomic mass is 32.2. The van der Waals surface area contributed by atoms with Gasteiger partial charge in [0.25, 0.3) is 0 Å². The van der Waals surface area contributed by atoms with Crippen LogP contribution >= 0.6 is 0 Å². The molecule has 0 aromatic heterocycles. The van der Waals surface area contributed by atoms with Crippen LogP contribution in [0.4, 0.5) is 5.69 Å². The number of sulfone groups is 1. The molecule has 16 heavy (non-hydrogen) atoms. The zero-order chi connectivity index (χ0) is 12.0. The van der Waals surface area contributed by atoms with Gasteiger partial charge in [-0.3, -0.25) is 0 Å². The van der Waals surface area contributed by atoms with Gasteiger partial charge in [-0.2, -0.15) is 0 Å². The summed E-state index contributed by atoms with van der Waals surface area (Å²) in [6.45, 7) is 2.10. The minimum atomic E-state index is -3.14. The molecule has 0 aliphatic carbocycles. The first-order valence-electron chi connectivity index (χ1n) is 5.64. The van der Waals surface area contributed by atoms with Gasteiger partial charge in [-0.1, -0.05) is 32.3 Å². The van der Waals surface area contributed by atoms with Crippen LogP contribution in [-0.4, -0.2) is 14.2 Å². The zero-order valence-corrected chi connectivity index (χ0v) is 10.5. The second-order valence-electron chi connectivity index (χ2n) is 3.95. The van der Waals surface area contributed by atoms with Crippen molar-refractivity contribution in [3.63, 3.8) is 0 Å². The first-order valence-corrected chi connectivity index (χ1v) is 7.30. The lowest BCUT2D eigenvalue weighted by atomic mass is 10.2. The maximum Gasteiger partial charge on any atom is 0.178 e. The highest BCUT2D eigenvalue weighted by Gasteiger charge is 2.13. The quantitative estimate of drug-likeness (QED) is 0.615. The van der Waals surface area contributed by atoms with Crippen molar-refractivity contribution in [2.45, 2.75) is 37.5 Å². The third-order valence-electron chi connectivity index (χ3n) is 2.48. The molecule has 0 saturated carbocycles. The van der Waals surface area contributed by atoms with Crippen molar-refractivity contribution in [3.8, 4) is 0 Å². The van der Waals surface area contributed by atoms with Crippen LogP contribution in [0.2, 0.25) is 0 Å². The molecule has 0 bridgehead atoms. The molecule has 0 heterocycles. The third kappa shape index (κ3) is 3.85. The highest BCUT2D eigenvalue weighted by molar-refractivity contribution is 7.91. The summed E-state index contributed by atoms with van der Waals surface area (Å²) in [6.07, 6.45) is 3.90. The number of rotatable bonds is 6. The average Bonchev–Trinajstić information content (AvgIpc) is 2.24. The fourth-order valence-electron chi connectivity index (χ4n) is 1.54. The number of hydrogen-bond donors (Lipinski definition) is 1. The Labute approximate surface area is 97.6 Å². The van der Waals surface area contributed by atoms with Crippen LogP contribution in [0.5, 0.6) is 0 Å². The first kappa shape index (κ1) is 13.0. The van der Waals surface area contributed by atoms with Crippen LogP contribution in [-0.2, 0) is 9.84 Å². The smallest absolute Gasteiger partial charge is 0.178 e. The van der Waals surface area contributed by atoms with E-state index in [0.29, 0.717) is 10.6 Å². The summed E-state index contributed by atoms with van der Waals surface area (Å²) in [6, 6.07) is 6.49. The first-order chi connectivity index (χ1) is 7.56. The summed E-state index contributed by atoms with van der Waals surface area (Å²) in [7, 11) is -3.14. The van der Waals surface area contributed by atoms with E-state index in [9.17, 15) is 8.42 Å². The molecule has 2 N–H and O–H groups in total. The minimum absolute atomic E-state index is 0.219. The average molecular weight is 241 g/mol. The Morgan fingerprint density at radius 1 is 1.19 bits per heavy atom. The Kier molecular flexibility index (Phi) is 4.80. The SMILES string of the molecule is CCCCCCS(=O)(=O)c1cccc(N)c1. The van der Waals surface area contributed by atoms with Crippen LogP contribution in [0.25, 0.3) is 0 Å². The van der Waals surface area contributed by atoms with Crippen molar-refractivity contribution in [1.29, 1.82) is 0 Å². The molecule has 0 saturated heterocycles. The number of nitrogens with two attached hydrogens (primary N) is 1. The van der Waals surface area contributed by atoms with Gasteiger partial charge in [-0.25, -0.2) is 8.42 Å². The maximum atomic E-state index is 11.9. The van der Waals surface area contributed by atoms with E-state index in [1.54, 1.807) is 18.2 Å². The van der Waals surface area contributed by atoms with Crippen molar-refractivity contribution < 1.29 is 8.42 Å². The Bertz CT molecular complexity index is 426. The zero-order valence-electron chi connectivity index (χ0n) is 9.65. The van der Waals surface area contributed by atoms with Crippen molar-refractivity contribution in [2.24, 2.45) is 0 Å². The van der Waals surface area contributed by atoms with Gasteiger partial charge >= 0.3 is 0 Å². The number of benzene rings is 1. The van der Waals surface area contributed by atoms with Gasteiger partial charge in [0.15, 0.2) is 9.84 Å². The molecule has 0 aliphatic rings. The lowest BCUT2D eigenvalue weighted by Crippen LogP contribution is -2.07. The molecule has 0 radical (unpaired) electrons. The third-order valence-corrected chi connectivity index (χ3v) is 4.28. The molecule has 1 aromatic rings. The fraction of sp³-hybridized carbons (Fsp3) is 0.500. The maximum absolute atomic E-state index is 11.9. The summed E-state index contributed by atoms with van der Waals surface area (Å²) >= 11 is 0. The summed E-state index contributed by atoms with van der Waals surface area (Å²) < 4.78 is 23.8. The van der Waals surface area contributed by atoms with E-state index in [0.717, 1.165) is 25.7 Å². The molecule has 4 heteroatoms. The minimum Gasteiger partial charge on any atom is -0.399 e. The molecule has 1 aromatic carbocycles. The van der Waals surface area contributed by atoms with E-state index in [1.165, 1.54) is 6.07 Å². The summed E-state index contributed by atoms with van der Waals surface area (Å²) in [5.41, 5.74) is 6.06. The summed E-state index contributed by atoms with van der Waals surface area (Å²) in [5, 5.41) is 0. The van der Waals surface area contributed by atoms with E-state index in [1.807, 2.05) is 0 Å². The predicted octanol–water partition coefficient (Wildman–Crippen LogP) is 2.62. The largest absolute Gasteiger partial charge is 0.399 e. The lowest BCUT2D eigenvalue weighted by Gasteiger charge is -2.04. The van der Waals surface area contributed by atoms with E-state index in [-0.39, 0.29) is 5.75 Å². The number of nitrogen functional groups attached to an aromatic ring is 1. The van der Waals surface area contributed by atoms with Crippen LogP contribution < -0.4 is 5.73 Å². The second kappa shape index (κ2) is 5.89. The molecule has 0 unspecified atom stereocenters. The Morgan fingerprint density at radius 3 is 2.56 bits per heavy atom. The normalized spacial score (nSPS) is 11.6. The van der Waals surface area contributed by atoms with E-state index in [4.69, 9.17) is 5.73 Å². The molecule has 0 spiro atoms. The van der Waals surface area contributed by atoms with Gasteiger partial charge in [0, 0.05) is 5.69 Å². The van der Waals surface area contributed by atoms with Gasteiger partial charge < -0.3 is 5.73 Å². The van der Waals surface area contributed by atoms with Gasteiger partial charge in [0.2, 0.25) is 0 Å². The summed E-state index contributed by atoms with van der Waals surface area (Å²) in [4.78, 5) is 0.337. The fourth-order valence-corrected chi connectivity index (χ4v) is 2.97. The predicted molar refractivity (Wildman–Crippen MR) is 67.0 cm³/mol. The number of unbranched alkanes of at least 4 members (excludes halogenated alkanes) is 3. The molecular formula is C12H19NO2S. The Balaban J connectivity index is 2.64. The Hall–Kier alpha value is -1.03. The van der Waals surface area contributed by atoms with Gasteiger partial charge in [0.1, 0.15) is 0 Å². The van der Waals surface area contributed by atoms with Gasteiger partial charge in [-0.05, 0) is 24.6 Å². The second-order valence-corrected chi connectivity index (χ2v) is 6.06. The number of hydrogen-bond acceptors (Lipinski definition) is 3. The van der Waals surface area contributed by atoms with E-state index >= 15 is 0 Å². The van der Waals surface area contributed by atoms with Crippen LogP contribution in [0.3, 0.4) is 0 Å². The molecule has 0 amide bonds.